The number of alkyl carbamates (subject to hydrolysis) is 1. The van der Waals surface area contributed by atoms with E-state index in [-0.39, 0.29) is 48.8 Å². The number of hydrogen-bond donors (Lipinski definition) is 3. The fourth-order valence-electron chi connectivity index (χ4n) is 7.42. The number of carbonyl (C=O) groups excluding carboxylic acids is 2. The third kappa shape index (κ3) is 9.02. The Balaban J connectivity index is 1.40. The summed E-state index contributed by atoms with van der Waals surface area (Å²) < 4.78 is 18.6. The van der Waals surface area contributed by atoms with E-state index in [9.17, 15) is 14.7 Å². The number of fused-ring (bicyclic) bond motifs is 1. The maximum absolute atomic E-state index is 13.8. The van der Waals surface area contributed by atoms with Crippen molar-refractivity contribution in [1.29, 1.82) is 0 Å². The number of nitrogens with one attached hydrogen (secondary N) is 2. The number of likely N-dealkylation sites (tertiary alicyclic amines) is 1. The van der Waals surface area contributed by atoms with Gasteiger partial charge in [0.2, 0.25) is 5.91 Å². The molecule has 2 heterocycles. The lowest BCUT2D eigenvalue weighted by Crippen LogP contribution is -2.61. The fourth-order valence-corrected chi connectivity index (χ4v) is 7.42. The number of benzene rings is 2. The van der Waals surface area contributed by atoms with Crippen molar-refractivity contribution in [2.24, 2.45) is 11.8 Å². The Morgan fingerprint density at radius 2 is 1.66 bits per heavy atom. The molecule has 9 nitrogen and oxygen atoms in total. The SMILES string of the molecule is C=CCOC(=O)NCc1ccc([C@H]2O[C@@H](CN3[C@@H](C(=O)NC(C)(C)C)CC[C@H]4CCCC[C@H]43)[C@@H](C)[C@@H](c3ccc(CO)cc3)O2)cc1. The number of nitrogens with zero attached hydrogens (tertiary/aromatic N) is 1. The van der Waals surface area contributed by atoms with Crippen molar-refractivity contribution in [3.63, 3.8) is 0 Å². The number of piperidine rings is 1. The summed E-state index contributed by atoms with van der Waals surface area (Å²) in [5, 5.41) is 15.7. The number of carbonyl (C=O) groups is 2. The Bertz CT molecular complexity index is 1340. The van der Waals surface area contributed by atoms with Gasteiger partial charge in [-0.25, -0.2) is 4.79 Å². The Labute approximate surface area is 280 Å². The van der Waals surface area contributed by atoms with Crippen molar-refractivity contribution >= 4 is 12.0 Å². The molecule has 2 aliphatic heterocycles. The van der Waals surface area contributed by atoms with E-state index in [4.69, 9.17) is 14.2 Å². The molecule has 0 unspecified atom stereocenters. The summed E-state index contributed by atoms with van der Waals surface area (Å²) in [6.07, 6.45) is 6.68. The van der Waals surface area contributed by atoms with Crippen LogP contribution in [0.4, 0.5) is 4.79 Å². The second-order valence-electron chi connectivity index (χ2n) is 14.4. The Hall–Kier alpha value is -3.24. The van der Waals surface area contributed by atoms with Crippen LogP contribution in [0, 0.1) is 11.8 Å². The third-order valence-electron chi connectivity index (χ3n) is 9.84. The zero-order chi connectivity index (χ0) is 33.6. The highest BCUT2D eigenvalue weighted by Gasteiger charge is 2.46. The highest BCUT2D eigenvalue weighted by Crippen LogP contribution is 2.44. The molecule has 5 rings (SSSR count). The van der Waals surface area contributed by atoms with E-state index < -0.39 is 12.4 Å². The summed E-state index contributed by atoms with van der Waals surface area (Å²) >= 11 is 0. The first-order valence-electron chi connectivity index (χ1n) is 17.2. The highest BCUT2D eigenvalue weighted by molar-refractivity contribution is 5.82. The Kier molecular flexibility index (Phi) is 11.8. The highest BCUT2D eigenvalue weighted by atomic mass is 16.7. The summed E-state index contributed by atoms with van der Waals surface area (Å²) in [6.45, 7) is 13.0. The molecule has 7 atom stereocenters. The van der Waals surface area contributed by atoms with Gasteiger partial charge in [0.05, 0.1) is 24.9 Å². The van der Waals surface area contributed by atoms with Gasteiger partial charge in [0.1, 0.15) is 6.61 Å². The van der Waals surface area contributed by atoms with Gasteiger partial charge in [-0.2, -0.15) is 0 Å². The molecule has 2 amide bonds. The zero-order valence-corrected chi connectivity index (χ0v) is 28.5. The normalized spacial score (nSPS) is 28.1. The maximum atomic E-state index is 13.8. The van der Waals surface area contributed by atoms with Gasteiger partial charge in [-0.3, -0.25) is 9.69 Å². The maximum Gasteiger partial charge on any atom is 0.407 e. The second-order valence-corrected chi connectivity index (χ2v) is 14.4. The van der Waals surface area contributed by atoms with E-state index in [1.807, 2.05) is 69.3 Å². The smallest absolute Gasteiger partial charge is 0.407 e. The number of amides is 2. The topological polar surface area (TPSA) is 109 Å². The Morgan fingerprint density at radius 1 is 0.979 bits per heavy atom. The summed E-state index contributed by atoms with van der Waals surface area (Å²) in [5.74, 6) is 0.712. The molecule has 1 saturated carbocycles. The van der Waals surface area contributed by atoms with E-state index in [0.29, 0.717) is 25.0 Å². The molecule has 0 radical (unpaired) electrons. The molecular weight excluding hydrogens is 594 g/mol. The molecule has 3 aliphatic rings. The number of aliphatic hydroxyl groups excluding tert-OH is 1. The van der Waals surface area contributed by atoms with Gasteiger partial charge in [-0.15, -0.1) is 0 Å². The van der Waals surface area contributed by atoms with Crippen molar-refractivity contribution < 1.29 is 28.9 Å². The molecule has 2 aromatic carbocycles. The number of ether oxygens (including phenoxy) is 3. The zero-order valence-electron chi connectivity index (χ0n) is 28.5. The third-order valence-corrected chi connectivity index (χ3v) is 9.84. The first-order chi connectivity index (χ1) is 22.6. The molecule has 0 spiro atoms. The number of rotatable bonds is 10. The quantitative estimate of drug-likeness (QED) is 0.259. The average Bonchev–Trinajstić information content (AvgIpc) is 3.07. The minimum atomic E-state index is -0.618. The molecule has 0 aromatic heterocycles. The van der Waals surface area contributed by atoms with Crippen molar-refractivity contribution in [2.45, 2.75) is 115 Å². The minimum Gasteiger partial charge on any atom is -0.445 e. The summed E-state index contributed by atoms with van der Waals surface area (Å²) in [4.78, 5) is 28.1. The van der Waals surface area contributed by atoms with Crippen LogP contribution >= 0.6 is 0 Å². The van der Waals surface area contributed by atoms with E-state index in [0.717, 1.165) is 41.5 Å². The van der Waals surface area contributed by atoms with Gasteiger partial charge < -0.3 is 30.0 Å². The lowest BCUT2D eigenvalue weighted by Gasteiger charge is -2.51. The molecule has 1 aliphatic carbocycles. The van der Waals surface area contributed by atoms with Crippen LogP contribution in [0.1, 0.15) is 101 Å². The lowest BCUT2D eigenvalue weighted by molar-refractivity contribution is -0.278. The van der Waals surface area contributed by atoms with Crippen LogP contribution in [0.2, 0.25) is 0 Å². The van der Waals surface area contributed by atoms with E-state index in [1.54, 1.807) is 0 Å². The van der Waals surface area contributed by atoms with Crippen molar-refractivity contribution in [3.05, 3.63) is 83.4 Å². The van der Waals surface area contributed by atoms with Gasteiger partial charge in [0, 0.05) is 36.2 Å². The van der Waals surface area contributed by atoms with Crippen molar-refractivity contribution in [3.8, 4) is 0 Å². The molecule has 9 heteroatoms. The summed E-state index contributed by atoms with van der Waals surface area (Å²) in [7, 11) is 0. The van der Waals surface area contributed by atoms with Crippen molar-refractivity contribution in [2.75, 3.05) is 13.2 Å². The molecule has 256 valence electrons. The molecule has 47 heavy (non-hydrogen) atoms. The van der Waals surface area contributed by atoms with E-state index in [1.165, 1.54) is 25.3 Å². The molecule has 0 bridgehead atoms. The van der Waals surface area contributed by atoms with Crippen LogP contribution in [0.3, 0.4) is 0 Å². The number of hydrogen-bond acceptors (Lipinski definition) is 7. The minimum absolute atomic E-state index is 0.00609. The average molecular weight is 648 g/mol. The predicted octanol–water partition coefficient (Wildman–Crippen LogP) is 6.32. The van der Waals surface area contributed by atoms with E-state index in [2.05, 4.69) is 29.0 Å². The van der Waals surface area contributed by atoms with Crippen LogP contribution in [0.15, 0.2) is 61.2 Å². The molecule has 2 saturated heterocycles. The van der Waals surface area contributed by atoms with Crippen LogP contribution in [-0.4, -0.2) is 58.9 Å². The number of aliphatic hydroxyl groups is 1. The van der Waals surface area contributed by atoms with Gasteiger partial charge in [-0.1, -0.05) is 81.0 Å². The first kappa shape index (κ1) is 35.1. The van der Waals surface area contributed by atoms with Gasteiger partial charge in [0.25, 0.3) is 0 Å². The molecule has 3 N–H and O–H groups in total. The molecule has 3 fully saturated rings. The van der Waals surface area contributed by atoms with Crippen LogP contribution in [0.5, 0.6) is 0 Å². The van der Waals surface area contributed by atoms with Crippen LogP contribution in [-0.2, 0) is 32.2 Å². The van der Waals surface area contributed by atoms with Gasteiger partial charge >= 0.3 is 6.09 Å². The standard InChI is InChI=1S/C38H53N3O6/c1-6-21-45-37(44)39-22-26-11-17-30(18-12-26)36-46-33(25(2)34(47-36)29-15-13-27(24-42)14-16-29)23-41-31-10-8-7-9-28(31)19-20-32(41)35(43)40-38(3,4)5/h6,11-18,25,28,31-34,36,42H,1,7-10,19-24H2,2-5H3,(H,39,44)(H,40,43)/t25-,28-,31-,32-,33+,34+,36+/m1/s1. The fraction of sp³-hybridized carbons (Fsp3) is 0.579. The van der Waals surface area contributed by atoms with Crippen LogP contribution < -0.4 is 10.6 Å². The van der Waals surface area contributed by atoms with Gasteiger partial charge in [0.15, 0.2) is 6.29 Å². The summed E-state index contributed by atoms with van der Waals surface area (Å²) in [6, 6.07) is 16.0. The van der Waals surface area contributed by atoms with Crippen LogP contribution in [0.25, 0.3) is 0 Å². The van der Waals surface area contributed by atoms with Crippen molar-refractivity contribution in [1.82, 2.24) is 15.5 Å². The van der Waals surface area contributed by atoms with Gasteiger partial charge in [-0.05, 0) is 69.1 Å². The largest absolute Gasteiger partial charge is 0.445 e. The predicted molar refractivity (Wildman–Crippen MR) is 181 cm³/mol. The monoisotopic (exact) mass is 647 g/mol. The lowest BCUT2D eigenvalue weighted by atomic mass is 9.75. The second kappa shape index (κ2) is 15.8. The van der Waals surface area contributed by atoms with E-state index >= 15 is 0 Å². The first-order valence-corrected chi connectivity index (χ1v) is 17.2. The molecular formula is C38H53N3O6. The summed E-state index contributed by atoms with van der Waals surface area (Å²) in [5.41, 5.74) is 3.38. The Morgan fingerprint density at radius 3 is 2.34 bits per heavy atom. The molecule has 2 aromatic rings.